The molecular formula is C15H11ClN4OS. The van der Waals surface area contributed by atoms with Crippen LogP contribution in [-0.2, 0) is 0 Å². The van der Waals surface area contributed by atoms with Gasteiger partial charge in [0.25, 0.3) is 0 Å². The smallest absolute Gasteiger partial charge is 0.216 e. The summed E-state index contributed by atoms with van der Waals surface area (Å²) in [5, 5.41) is 21.2. The first-order valence-corrected chi connectivity index (χ1v) is 7.19. The second-order valence-electron chi connectivity index (χ2n) is 4.51. The minimum Gasteiger partial charge on any atom is -0.508 e. The monoisotopic (exact) mass is 330 g/mol. The number of phenolic OH excluding ortho intramolecular Hbond substituents is 1. The number of nitrogens with one attached hydrogen (secondary N) is 1. The normalized spacial score (nSPS) is 11.1. The molecule has 2 aromatic carbocycles. The summed E-state index contributed by atoms with van der Waals surface area (Å²) in [7, 11) is 0. The number of hydrogen-bond donors (Lipinski definition) is 2. The minimum atomic E-state index is 0.207. The number of rotatable bonds is 3. The largest absolute Gasteiger partial charge is 0.508 e. The first-order chi connectivity index (χ1) is 10.6. The first kappa shape index (κ1) is 14.5. The number of aromatic hydroxyl groups is 1. The fraction of sp³-hybridized carbons (Fsp3) is 0. The van der Waals surface area contributed by atoms with E-state index in [1.165, 1.54) is 4.68 Å². The van der Waals surface area contributed by atoms with E-state index in [-0.39, 0.29) is 5.75 Å². The highest BCUT2D eigenvalue weighted by molar-refractivity contribution is 7.71. The van der Waals surface area contributed by atoms with Gasteiger partial charge in [-0.15, -0.1) is 0 Å². The highest BCUT2D eigenvalue weighted by Crippen LogP contribution is 2.20. The van der Waals surface area contributed by atoms with Gasteiger partial charge in [0, 0.05) is 10.6 Å². The summed E-state index contributed by atoms with van der Waals surface area (Å²) in [6.07, 6.45) is 1.64. The van der Waals surface area contributed by atoms with E-state index in [1.807, 2.05) is 12.1 Å². The third-order valence-electron chi connectivity index (χ3n) is 2.97. The summed E-state index contributed by atoms with van der Waals surface area (Å²) in [5.41, 5.74) is 1.68. The Bertz CT molecular complexity index is 866. The Hall–Kier alpha value is -2.44. The van der Waals surface area contributed by atoms with Crippen molar-refractivity contribution in [3.8, 4) is 17.1 Å². The molecule has 0 radical (unpaired) electrons. The number of H-pyrrole nitrogens is 1. The van der Waals surface area contributed by atoms with Crippen LogP contribution in [-0.4, -0.2) is 26.2 Å². The molecule has 5 nitrogen and oxygen atoms in total. The van der Waals surface area contributed by atoms with Gasteiger partial charge in [-0.05, 0) is 66.3 Å². The van der Waals surface area contributed by atoms with Crippen molar-refractivity contribution >= 4 is 30.0 Å². The molecule has 2 N–H and O–H groups in total. The topological polar surface area (TPSA) is 66.2 Å². The molecule has 0 unspecified atom stereocenters. The fourth-order valence-corrected chi connectivity index (χ4v) is 2.17. The zero-order chi connectivity index (χ0) is 15.5. The summed E-state index contributed by atoms with van der Waals surface area (Å²) in [4.78, 5) is 0. The van der Waals surface area contributed by atoms with Gasteiger partial charge in [-0.2, -0.15) is 14.9 Å². The maximum atomic E-state index is 9.28. The van der Waals surface area contributed by atoms with E-state index in [0.29, 0.717) is 15.6 Å². The lowest BCUT2D eigenvalue weighted by Crippen LogP contribution is -1.94. The van der Waals surface area contributed by atoms with Gasteiger partial charge in [-0.25, -0.2) is 5.10 Å². The fourth-order valence-electron chi connectivity index (χ4n) is 1.87. The SMILES string of the molecule is Oc1ccc(/C=N\n2c(-c3ccc(Cl)cc3)n[nH]c2=S)cc1. The molecule has 3 rings (SSSR count). The molecular weight excluding hydrogens is 320 g/mol. The van der Waals surface area contributed by atoms with E-state index >= 15 is 0 Å². The van der Waals surface area contributed by atoms with E-state index in [2.05, 4.69) is 15.3 Å². The predicted molar refractivity (Wildman–Crippen MR) is 89.0 cm³/mol. The zero-order valence-corrected chi connectivity index (χ0v) is 12.8. The van der Waals surface area contributed by atoms with Gasteiger partial charge < -0.3 is 5.11 Å². The van der Waals surface area contributed by atoms with Crippen LogP contribution in [0.2, 0.25) is 5.02 Å². The maximum absolute atomic E-state index is 9.28. The molecule has 1 heterocycles. The number of aromatic nitrogens is 3. The molecule has 0 amide bonds. The van der Waals surface area contributed by atoms with E-state index < -0.39 is 0 Å². The van der Waals surface area contributed by atoms with Gasteiger partial charge in [-0.3, -0.25) is 0 Å². The number of benzene rings is 2. The second-order valence-corrected chi connectivity index (χ2v) is 5.33. The number of hydrogen-bond acceptors (Lipinski definition) is 4. The number of halogens is 1. The molecule has 1 aromatic heterocycles. The summed E-state index contributed by atoms with van der Waals surface area (Å²) in [5.74, 6) is 0.802. The summed E-state index contributed by atoms with van der Waals surface area (Å²) in [6.45, 7) is 0. The van der Waals surface area contributed by atoms with Crippen molar-refractivity contribution in [3.63, 3.8) is 0 Å². The Kier molecular flexibility index (Phi) is 4.04. The molecule has 0 saturated heterocycles. The van der Waals surface area contributed by atoms with Crippen LogP contribution in [0.15, 0.2) is 53.6 Å². The van der Waals surface area contributed by atoms with Crippen LogP contribution in [0, 0.1) is 4.77 Å². The third-order valence-corrected chi connectivity index (χ3v) is 3.48. The van der Waals surface area contributed by atoms with Crippen LogP contribution in [0.1, 0.15) is 5.56 Å². The molecule has 0 aliphatic rings. The van der Waals surface area contributed by atoms with Crippen LogP contribution in [0.25, 0.3) is 11.4 Å². The lowest BCUT2D eigenvalue weighted by Gasteiger charge is -2.01. The lowest BCUT2D eigenvalue weighted by atomic mass is 10.2. The minimum absolute atomic E-state index is 0.207. The van der Waals surface area contributed by atoms with Crippen LogP contribution in [0.3, 0.4) is 0 Å². The molecule has 3 aromatic rings. The van der Waals surface area contributed by atoms with Crippen molar-refractivity contribution in [2.24, 2.45) is 5.10 Å². The third kappa shape index (κ3) is 3.08. The van der Waals surface area contributed by atoms with Crippen molar-refractivity contribution in [3.05, 3.63) is 63.9 Å². The Balaban J connectivity index is 1.97. The summed E-state index contributed by atoms with van der Waals surface area (Å²) < 4.78 is 1.92. The molecule has 110 valence electrons. The standard InChI is InChI=1S/C15H11ClN4OS/c16-12-5-3-11(4-6-12)14-18-19-15(22)20(14)17-9-10-1-7-13(21)8-2-10/h1-9,21H,(H,19,22)/b17-9-. The van der Waals surface area contributed by atoms with Crippen molar-refractivity contribution in [1.82, 2.24) is 14.9 Å². The van der Waals surface area contributed by atoms with Crippen molar-refractivity contribution < 1.29 is 5.11 Å². The van der Waals surface area contributed by atoms with E-state index in [9.17, 15) is 5.11 Å². The number of phenols is 1. The van der Waals surface area contributed by atoms with Gasteiger partial charge in [0.2, 0.25) is 4.77 Å². The van der Waals surface area contributed by atoms with Crippen molar-refractivity contribution in [2.75, 3.05) is 0 Å². The second kappa shape index (κ2) is 6.13. The molecule has 0 bridgehead atoms. The first-order valence-electron chi connectivity index (χ1n) is 6.40. The van der Waals surface area contributed by atoms with Gasteiger partial charge in [-0.1, -0.05) is 11.6 Å². The molecule has 0 aliphatic carbocycles. The average Bonchev–Trinajstić information content (AvgIpc) is 2.89. The van der Waals surface area contributed by atoms with E-state index in [0.717, 1.165) is 11.1 Å². The van der Waals surface area contributed by atoms with Crippen LogP contribution >= 0.6 is 23.8 Å². The molecule has 7 heteroatoms. The quantitative estimate of drug-likeness (QED) is 0.566. The molecule has 0 fully saturated rings. The molecule has 0 saturated carbocycles. The predicted octanol–water partition coefficient (Wildman–Crippen LogP) is 3.85. The Morgan fingerprint density at radius 1 is 1.14 bits per heavy atom. The molecule has 22 heavy (non-hydrogen) atoms. The lowest BCUT2D eigenvalue weighted by molar-refractivity contribution is 0.475. The highest BCUT2D eigenvalue weighted by Gasteiger charge is 2.07. The molecule has 0 atom stereocenters. The van der Waals surface area contributed by atoms with Gasteiger partial charge in [0.15, 0.2) is 5.82 Å². The van der Waals surface area contributed by atoms with Crippen LogP contribution in [0.4, 0.5) is 0 Å². The highest BCUT2D eigenvalue weighted by atomic mass is 35.5. The number of aromatic amines is 1. The Morgan fingerprint density at radius 2 is 1.82 bits per heavy atom. The van der Waals surface area contributed by atoms with Crippen LogP contribution in [0.5, 0.6) is 5.75 Å². The number of nitrogens with zero attached hydrogens (tertiary/aromatic N) is 3. The van der Waals surface area contributed by atoms with E-state index in [1.54, 1.807) is 42.6 Å². The van der Waals surface area contributed by atoms with Gasteiger partial charge in [0.05, 0.1) is 6.21 Å². The molecule has 0 aliphatic heterocycles. The van der Waals surface area contributed by atoms with Crippen molar-refractivity contribution in [1.29, 1.82) is 0 Å². The summed E-state index contributed by atoms with van der Waals surface area (Å²) >= 11 is 11.1. The Labute approximate surface area is 136 Å². The summed E-state index contributed by atoms with van der Waals surface area (Å²) in [6, 6.07) is 14.0. The van der Waals surface area contributed by atoms with Gasteiger partial charge in [0.1, 0.15) is 5.75 Å². The zero-order valence-electron chi connectivity index (χ0n) is 11.3. The average molecular weight is 331 g/mol. The maximum Gasteiger partial charge on any atom is 0.216 e. The Morgan fingerprint density at radius 3 is 2.50 bits per heavy atom. The van der Waals surface area contributed by atoms with Crippen molar-refractivity contribution in [2.45, 2.75) is 0 Å². The van der Waals surface area contributed by atoms with Gasteiger partial charge >= 0.3 is 0 Å². The molecule has 0 spiro atoms. The van der Waals surface area contributed by atoms with E-state index in [4.69, 9.17) is 23.8 Å². The van der Waals surface area contributed by atoms with Crippen LogP contribution < -0.4 is 0 Å².